The Morgan fingerprint density at radius 1 is 1.26 bits per heavy atom. The molecule has 8 heteroatoms. The molecule has 1 rings (SSSR count). The van der Waals surface area contributed by atoms with E-state index in [1.165, 1.54) is 19.2 Å². The van der Waals surface area contributed by atoms with Gasteiger partial charge in [-0.15, -0.1) is 0 Å². The summed E-state index contributed by atoms with van der Waals surface area (Å²) in [6.07, 6.45) is -4.49. The highest BCUT2D eigenvalue weighted by Gasteiger charge is 2.30. The van der Waals surface area contributed by atoms with Gasteiger partial charge in [-0.05, 0) is 24.1 Å². The summed E-state index contributed by atoms with van der Waals surface area (Å²) >= 11 is 0. The molecule has 0 saturated carbocycles. The van der Waals surface area contributed by atoms with E-state index in [9.17, 15) is 22.8 Å². The van der Waals surface area contributed by atoms with E-state index in [0.29, 0.717) is 0 Å². The molecule has 0 aliphatic rings. The molecule has 1 aromatic carbocycles. The maximum Gasteiger partial charge on any atom is 0.416 e. The topological polar surface area (TPSA) is 64.6 Å². The highest BCUT2D eigenvalue weighted by Crippen LogP contribution is 2.31. The van der Waals surface area contributed by atoms with E-state index in [-0.39, 0.29) is 11.7 Å². The summed E-state index contributed by atoms with van der Waals surface area (Å²) in [5.74, 6) is -1.53. The lowest BCUT2D eigenvalue weighted by Gasteiger charge is -2.19. The molecule has 0 bridgehead atoms. The first-order valence-electron chi connectivity index (χ1n) is 6.82. The van der Waals surface area contributed by atoms with Gasteiger partial charge in [-0.2, -0.15) is 13.2 Å². The van der Waals surface area contributed by atoms with E-state index in [2.05, 4.69) is 10.1 Å². The van der Waals surface area contributed by atoms with Crippen LogP contribution in [0.15, 0.2) is 24.3 Å². The van der Waals surface area contributed by atoms with Crippen LogP contribution in [-0.2, 0) is 20.5 Å². The van der Waals surface area contributed by atoms with E-state index < -0.39 is 36.3 Å². The van der Waals surface area contributed by atoms with Crippen molar-refractivity contribution in [3.8, 4) is 5.75 Å². The summed E-state index contributed by atoms with van der Waals surface area (Å²) in [5.41, 5.74) is -0.870. The minimum atomic E-state index is -4.49. The lowest BCUT2D eigenvalue weighted by atomic mass is 10.0. The average molecular weight is 333 g/mol. The number of alkyl halides is 3. The third-order valence-electron chi connectivity index (χ3n) is 2.97. The smallest absolute Gasteiger partial charge is 0.416 e. The van der Waals surface area contributed by atoms with Crippen molar-refractivity contribution in [3.63, 3.8) is 0 Å². The van der Waals surface area contributed by atoms with Crippen LogP contribution >= 0.6 is 0 Å². The van der Waals surface area contributed by atoms with Gasteiger partial charge in [0.2, 0.25) is 0 Å². The Morgan fingerprint density at radius 2 is 1.91 bits per heavy atom. The number of carbonyl (C=O) groups excluding carboxylic acids is 2. The van der Waals surface area contributed by atoms with Crippen LogP contribution in [0.25, 0.3) is 0 Å². The number of rotatable bonds is 6. The maximum atomic E-state index is 12.6. The van der Waals surface area contributed by atoms with Gasteiger partial charge >= 0.3 is 12.1 Å². The summed E-state index contributed by atoms with van der Waals surface area (Å²) in [5, 5.41) is 2.42. The molecule has 0 aromatic heterocycles. The number of amides is 1. The van der Waals surface area contributed by atoms with Crippen LogP contribution in [0.1, 0.15) is 19.4 Å². The van der Waals surface area contributed by atoms with Crippen LogP contribution in [0.3, 0.4) is 0 Å². The van der Waals surface area contributed by atoms with Crippen molar-refractivity contribution in [2.75, 3.05) is 13.7 Å². The second-order valence-corrected chi connectivity index (χ2v) is 5.13. The van der Waals surface area contributed by atoms with Gasteiger partial charge in [0.05, 0.1) is 12.7 Å². The molecule has 0 radical (unpaired) electrons. The molecule has 1 N–H and O–H groups in total. The highest BCUT2D eigenvalue weighted by atomic mass is 19.4. The zero-order valence-corrected chi connectivity index (χ0v) is 12.9. The second-order valence-electron chi connectivity index (χ2n) is 5.13. The lowest BCUT2D eigenvalue weighted by molar-refractivity contribution is -0.146. The Hall–Kier alpha value is -2.25. The van der Waals surface area contributed by atoms with Gasteiger partial charge < -0.3 is 14.8 Å². The molecule has 128 valence electrons. The molecular formula is C15H18F3NO4. The van der Waals surface area contributed by atoms with Crippen molar-refractivity contribution in [2.45, 2.75) is 26.1 Å². The van der Waals surface area contributed by atoms with Crippen molar-refractivity contribution in [2.24, 2.45) is 5.92 Å². The molecule has 0 heterocycles. The Labute approximate surface area is 131 Å². The fraction of sp³-hybridized carbons (Fsp3) is 0.467. The van der Waals surface area contributed by atoms with Crippen LogP contribution in [-0.4, -0.2) is 31.6 Å². The number of hydrogen-bond acceptors (Lipinski definition) is 4. The van der Waals surface area contributed by atoms with Gasteiger partial charge in [0.15, 0.2) is 6.61 Å². The number of methoxy groups -OCH3 is 1. The van der Waals surface area contributed by atoms with E-state index >= 15 is 0 Å². The number of carbonyl (C=O) groups is 2. The number of esters is 1. The standard InChI is InChI=1S/C15H18F3NO4/c1-9(2)13(14(21)22-3)19-12(20)8-23-11-6-4-5-10(7-11)15(16,17)18/h4-7,9,13H,8H2,1-3H3,(H,19,20). The SMILES string of the molecule is COC(=O)C(NC(=O)COc1cccc(C(F)(F)F)c1)C(C)C. The second kappa shape index (κ2) is 7.85. The molecule has 0 aliphatic heterocycles. The fourth-order valence-electron chi connectivity index (χ4n) is 1.75. The lowest BCUT2D eigenvalue weighted by Crippen LogP contribution is -2.46. The first kappa shape index (κ1) is 18.8. The molecule has 1 aromatic rings. The summed E-state index contributed by atoms with van der Waals surface area (Å²) in [6, 6.07) is 3.34. The molecule has 1 amide bonds. The van der Waals surface area contributed by atoms with Gasteiger partial charge in [-0.25, -0.2) is 4.79 Å². The molecular weight excluding hydrogens is 315 g/mol. The summed E-state index contributed by atoms with van der Waals surface area (Å²) in [4.78, 5) is 23.3. The summed E-state index contributed by atoms with van der Waals surface area (Å²) in [6.45, 7) is 2.92. The van der Waals surface area contributed by atoms with Crippen molar-refractivity contribution in [3.05, 3.63) is 29.8 Å². The summed E-state index contributed by atoms with van der Waals surface area (Å²) < 4.78 is 47.3. The van der Waals surface area contributed by atoms with E-state index in [0.717, 1.165) is 12.1 Å². The number of ether oxygens (including phenoxy) is 2. The van der Waals surface area contributed by atoms with E-state index in [1.54, 1.807) is 13.8 Å². The van der Waals surface area contributed by atoms with Crippen molar-refractivity contribution >= 4 is 11.9 Å². The van der Waals surface area contributed by atoms with Gasteiger partial charge in [0.25, 0.3) is 5.91 Å². The van der Waals surface area contributed by atoms with Crippen molar-refractivity contribution in [1.82, 2.24) is 5.32 Å². The zero-order chi connectivity index (χ0) is 17.6. The monoisotopic (exact) mass is 333 g/mol. The van der Waals surface area contributed by atoms with Crippen molar-refractivity contribution < 1.29 is 32.2 Å². The molecule has 1 atom stereocenters. The Kier molecular flexibility index (Phi) is 6.41. The van der Waals surface area contributed by atoms with E-state index in [1.807, 2.05) is 0 Å². The van der Waals surface area contributed by atoms with Crippen LogP contribution in [0, 0.1) is 5.92 Å². The number of nitrogens with one attached hydrogen (secondary N) is 1. The Balaban J connectivity index is 2.64. The number of benzene rings is 1. The van der Waals surface area contributed by atoms with Gasteiger partial charge in [-0.3, -0.25) is 4.79 Å². The first-order chi connectivity index (χ1) is 10.6. The average Bonchev–Trinajstić information content (AvgIpc) is 2.49. The minimum absolute atomic E-state index is 0.0888. The van der Waals surface area contributed by atoms with Crippen LogP contribution in [0.5, 0.6) is 5.75 Å². The molecule has 1 unspecified atom stereocenters. The fourth-order valence-corrected chi connectivity index (χ4v) is 1.75. The molecule has 0 fully saturated rings. The first-order valence-corrected chi connectivity index (χ1v) is 6.82. The normalized spacial score (nSPS) is 12.7. The molecule has 0 aliphatic carbocycles. The van der Waals surface area contributed by atoms with Crippen LogP contribution in [0.4, 0.5) is 13.2 Å². The molecule has 0 saturated heterocycles. The Morgan fingerprint density at radius 3 is 2.43 bits per heavy atom. The molecule has 5 nitrogen and oxygen atoms in total. The van der Waals surface area contributed by atoms with Gasteiger partial charge in [0, 0.05) is 0 Å². The third kappa shape index (κ3) is 5.80. The maximum absolute atomic E-state index is 12.6. The van der Waals surface area contributed by atoms with Gasteiger partial charge in [0.1, 0.15) is 11.8 Å². The molecule has 23 heavy (non-hydrogen) atoms. The van der Waals surface area contributed by atoms with Gasteiger partial charge in [-0.1, -0.05) is 19.9 Å². The van der Waals surface area contributed by atoms with Crippen LogP contribution < -0.4 is 10.1 Å². The third-order valence-corrected chi connectivity index (χ3v) is 2.97. The number of hydrogen-bond donors (Lipinski definition) is 1. The zero-order valence-electron chi connectivity index (χ0n) is 12.9. The van der Waals surface area contributed by atoms with Crippen LogP contribution in [0.2, 0.25) is 0 Å². The summed E-state index contributed by atoms with van der Waals surface area (Å²) in [7, 11) is 1.20. The predicted molar refractivity (Wildman–Crippen MR) is 75.7 cm³/mol. The largest absolute Gasteiger partial charge is 0.484 e. The number of halogens is 3. The predicted octanol–water partition coefficient (Wildman–Crippen LogP) is 2.40. The van der Waals surface area contributed by atoms with Crippen molar-refractivity contribution in [1.29, 1.82) is 0 Å². The van der Waals surface area contributed by atoms with E-state index in [4.69, 9.17) is 4.74 Å². The minimum Gasteiger partial charge on any atom is -0.484 e. The highest BCUT2D eigenvalue weighted by molar-refractivity contribution is 5.85. The molecule has 0 spiro atoms. The Bertz CT molecular complexity index is 558. The quantitative estimate of drug-likeness (QED) is 0.812.